The third-order valence-electron chi connectivity index (χ3n) is 4.61. The number of aromatic nitrogens is 1. The summed E-state index contributed by atoms with van der Waals surface area (Å²) in [6, 6.07) is 8.55. The Morgan fingerprint density at radius 3 is 2.86 bits per heavy atom. The molecule has 0 spiro atoms. The molecule has 1 aromatic carbocycles. The highest BCUT2D eigenvalue weighted by molar-refractivity contribution is 5.93. The molecule has 0 radical (unpaired) electrons. The van der Waals surface area contributed by atoms with Gasteiger partial charge in [0.25, 0.3) is 0 Å². The van der Waals surface area contributed by atoms with Gasteiger partial charge in [0.15, 0.2) is 0 Å². The Kier molecular flexibility index (Phi) is 3.88. The molecule has 21 heavy (non-hydrogen) atoms. The Morgan fingerprint density at radius 1 is 1.24 bits per heavy atom. The fraction of sp³-hybridized carbons (Fsp3) is 0.526. The van der Waals surface area contributed by atoms with Crippen molar-refractivity contribution in [3.8, 4) is 0 Å². The van der Waals surface area contributed by atoms with E-state index in [2.05, 4.69) is 50.4 Å². The number of fused-ring (bicyclic) bond motifs is 2. The van der Waals surface area contributed by atoms with Crippen LogP contribution in [-0.2, 0) is 12.8 Å². The van der Waals surface area contributed by atoms with Crippen LogP contribution in [0.25, 0.3) is 10.9 Å². The molecular weight excluding hydrogens is 256 g/mol. The summed E-state index contributed by atoms with van der Waals surface area (Å²) in [4.78, 5) is 4.96. The first-order chi connectivity index (χ1) is 10.1. The second-order valence-electron chi connectivity index (χ2n) is 7.05. The van der Waals surface area contributed by atoms with Crippen LogP contribution in [0.2, 0.25) is 0 Å². The van der Waals surface area contributed by atoms with E-state index in [1.54, 1.807) is 0 Å². The molecule has 1 N–H and O–H groups in total. The molecular formula is C19H26N2. The molecule has 0 fully saturated rings. The van der Waals surface area contributed by atoms with Gasteiger partial charge in [0.05, 0.1) is 5.52 Å². The molecule has 3 rings (SSSR count). The number of unbranched alkanes of at least 4 members (excludes halogenated alkanes) is 1. The van der Waals surface area contributed by atoms with Gasteiger partial charge in [-0.25, -0.2) is 0 Å². The molecule has 0 amide bonds. The quantitative estimate of drug-likeness (QED) is 0.802. The summed E-state index contributed by atoms with van der Waals surface area (Å²) >= 11 is 0. The molecule has 0 saturated heterocycles. The number of hydrogen-bond donors (Lipinski definition) is 1. The number of para-hydroxylation sites is 1. The van der Waals surface area contributed by atoms with E-state index in [9.17, 15) is 0 Å². The molecule has 0 atom stereocenters. The van der Waals surface area contributed by atoms with E-state index >= 15 is 0 Å². The van der Waals surface area contributed by atoms with Crippen LogP contribution in [0.4, 0.5) is 5.69 Å². The second-order valence-corrected chi connectivity index (χ2v) is 7.05. The van der Waals surface area contributed by atoms with Crippen LogP contribution < -0.4 is 5.32 Å². The standard InChI is InChI=1S/C19H26N2/c1-4-5-12-20-18-14-8-6-7-9-16(14)21-17-13-19(2,3)11-10-15(17)18/h6-9H,4-5,10-13H2,1-3H3,(H,20,21). The van der Waals surface area contributed by atoms with Gasteiger partial charge in [-0.3, -0.25) is 4.98 Å². The largest absolute Gasteiger partial charge is 0.384 e. The average molecular weight is 282 g/mol. The summed E-state index contributed by atoms with van der Waals surface area (Å²) in [6.45, 7) is 8.01. The smallest absolute Gasteiger partial charge is 0.0726 e. The third kappa shape index (κ3) is 2.90. The van der Waals surface area contributed by atoms with Gasteiger partial charge in [-0.1, -0.05) is 45.4 Å². The lowest BCUT2D eigenvalue weighted by Crippen LogP contribution is -2.24. The van der Waals surface area contributed by atoms with E-state index in [1.165, 1.54) is 41.6 Å². The summed E-state index contributed by atoms with van der Waals surface area (Å²) in [6.07, 6.45) is 5.94. The fourth-order valence-electron chi connectivity index (χ4n) is 3.31. The molecule has 1 aliphatic rings. The van der Waals surface area contributed by atoms with Gasteiger partial charge in [-0.15, -0.1) is 0 Å². The maximum absolute atomic E-state index is 4.96. The van der Waals surface area contributed by atoms with E-state index in [4.69, 9.17) is 4.98 Å². The van der Waals surface area contributed by atoms with Crippen molar-refractivity contribution in [2.24, 2.45) is 5.41 Å². The molecule has 112 valence electrons. The topological polar surface area (TPSA) is 24.9 Å². The highest BCUT2D eigenvalue weighted by atomic mass is 14.9. The number of nitrogens with one attached hydrogen (secondary N) is 1. The molecule has 1 aliphatic carbocycles. The lowest BCUT2D eigenvalue weighted by molar-refractivity contribution is 0.311. The second kappa shape index (κ2) is 5.67. The van der Waals surface area contributed by atoms with Gasteiger partial charge < -0.3 is 5.32 Å². The number of anilines is 1. The average Bonchev–Trinajstić information content (AvgIpc) is 2.45. The van der Waals surface area contributed by atoms with E-state index in [0.29, 0.717) is 5.41 Å². The molecule has 0 aliphatic heterocycles. The van der Waals surface area contributed by atoms with Crippen molar-refractivity contribution >= 4 is 16.6 Å². The van der Waals surface area contributed by atoms with Crippen molar-refractivity contribution in [1.82, 2.24) is 4.98 Å². The first kappa shape index (κ1) is 14.4. The molecule has 0 bridgehead atoms. The summed E-state index contributed by atoms with van der Waals surface area (Å²) in [5.74, 6) is 0. The summed E-state index contributed by atoms with van der Waals surface area (Å²) in [7, 11) is 0. The Morgan fingerprint density at radius 2 is 2.05 bits per heavy atom. The number of pyridine rings is 1. The molecule has 2 heteroatoms. The van der Waals surface area contributed by atoms with Crippen molar-refractivity contribution in [3.63, 3.8) is 0 Å². The minimum Gasteiger partial charge on any atom is -0.384 e. The van der Waals surface area contributed by atoms with Crippen LogP contribution in [-0.4, -0.2) is 11.5 Å². The van der Waals surface area contributed by atoms with Gasteiger partial charge in [0.2, 0.25) is 0 Å². The van der Waals surface area contributed by atoms with Gasteiger partial charge in [-0.05, 0) is 42.7 Å². The van der Waals surface area contributed by atoms with Crippen LogP contribution in [0.5, 0.6) is 0 Å². The number of hydrogen-bond acceptors (Lipinski definition) is 2. The molecule has 0 unspecified atom stereocenters. The van der Waals surface area contributed by atoms with E-state index in [0.717, 1.165) is 24.9 Å². The maximum Gasteiger partial charge on any atom is 0.0726 e. The minimum absolute atomic E-state index is 0.378. The van der Waals surface area contributed by atoms with Crippen LogP contribution in [0.3, 0.4) is 0 Å². The minimum atomic E-state index is 0.378. The van der Waals surface area contributed by atoms with Gasteiger partial charge >= 0.3 is 0 Å². The Labute approximate surface area is 128 Å². The van der Waals surface area contributed by atoms with Crippen LogP contribution >= 0.6 is 0 Å². The highest BCUT2D eigenvalue weighted by Gasteiger charge is 2.28. The van der Waals surface area contributed by atoms with Crippen molar-refractivity contribution in [2.45, 2.75) is 52.9 Å². The lowest BCUT2D eigenvalue weighted by Gasteiger charge is -2.32. The predicted molar refractivity (Wildman–Crippen MR) is 90.9 cm³/mol. The Hall–Kier alpha value is -1.57. The predicted octanol–water partition coefficient (Wildman–Crippen LogP) is 4.96. The third-order valence-corrected chi connectivity index (χ3v) is 4.61. The monoisotopic (exact) mass is 282 g/mol. The first-order valence-electron chi connectivity index (χ1n) is 8.25. The number of nitrogens with zero attached hydrogens (tertiary/aromatic N) is 1. The number of benzene rings is 1. The SMILES string of the molecule is CCCCNc1c2c(nc3ccccc13)CC(C)(C)CC2. The highest BCUT2D eigenvalue weighted by Crippen LogP contribution is 2.39. The van der Waals surface area contributed by atoms with Crippen LogP contribution in [0, 0.1) is 5.41 Å². The van der Waals surface area contributed by atoms with Crippen molar-refractivity contribution < 1.29 is 0 Å². The van der Waals surface area contributed by atoms with Crippen LogP contribution in [0.15, 0.2) is 24.3 Å². The zero-order chi connectivity index (χ0) is 14.9. The molecule has 2 aromatic rings. The molecule has 1 aromatic heterocycles. The fourth-order valence-corrected chi connectivity index (χ4v) is 3.31. The zero-order valence-corrected chi connectivity index (χ0v) is 13.5. The van der Waals surface area contributed by atoms with Crippen molar-refractivity contribution in [3.05, 3.63) is 35.5 Å². The summed E-state index contributed by atoms with van der Waals surface area (Å²) in [5, 5.41) is 4.99. The van der Waals surface area contributed by atoms with Crippen molar-refractivity contribution in [1.29, 1.82) is 0 Å². The molecule has 2 nitrogen and oxygen atoms in total. The van der Waals surface area contributed by atoms with E-state index in [-0.39, 0.29) is 0 Å². The summed E-state index contributed by atoms with van der Waals surface area (Å²) < 4.78 is 0. The molecule has 0 saturated carbocycles. The van der Waals surface area contributed by atoms with Gasteiger partial charge in [0.1, 0.15) is 0 Å². The Bertz CT molecular complexity index is 643. The normalized spacial score (nSPS) is 16.7. The number of rotatable bonds is 4. The summed E-state index contributed by atoms with van der Waals surface area (Å²) in [5.41, 5.74) is 5.63. The van der Waals surface area contributed by atoms with Gasteiger partial charge in [0, 0.05) is 23.3 Å². The zero-order valence-electron chi connectivity index (χ0n) is 13.5. The van der Waals surface area contributed by atoms with Crippen molar-refractivity contribution in [2.75, 3.05) is 11.9 Å². The first-order valence-corrected chi connectivity index (χ1v) is 8.25. The van der Waals surface area contributed by atoms with E-state index in [1.807, 2.05) is 0 Å². The van der Waals surface area contributed by atoms with E-state index < -0.39 is 0 Å². The van der Waals surface area contributed by atoms with Gasteiger partial charge in [-0.2, -0.15) is 0 Å². The molecule has 1 heterocycles. The van der Waals surface area contributed by atoms with Crippen LogP contribution in [0.1, 0.15) is 51.3 Å². The maximum atomic E-state index is 4.96. The Balaban J connectivity index is 2.08. The lowest BCUT2D eigenvalue weighted by atomic mass is 9.75.